The van der Waals surface area contributed by atoms with Crippen LogP contribution < -0.4 is 4.74 Å². The Balaban J connectivity index is 2.08. The van der Waals surface area contributed by atoms with Gasteiger partial charge in [-0.1, -0.05) is 30.3 Å². The predicted molar refractivity (Wildman–Crippen MR) is 60.4 cm³/mol. The first-order chi connectivity index (χ1) is 7.90. The van der Waals surface area contributed by atoms with E-state index >= 15 is 0 Å². The number of benzene rings is 1. The van der Waals surface area contributed by atoms with Crippen molar-refractivity contribution in [3.8, 4) is 5.75 Å². The molecule has 0 saturated carbocycles. The van der Waals surface area contributed by atoms with Gasteiger partial charge in [0, 0.05) is 6.20 Å². The highest BCUT2D eigenvalue weighted by Crippen LogP contribution is 2.14. The van der Waals surface area contributed by atoms with E-state index in [2.05, 4.69) is 4.98 Å². The highest BCUT2D eigenvalue weighted by molar-refractivity contribution is 5.75. The summed E-state index contributed by atoms with van der Waals surface area (Å²) in [7, 11) is 0. The van der Waals surface area contributed by atoms with Gasteiger partial charge >= 0.3 is 0 Å². The van der Waals surface area contributed by atoms with Gasteiger partial charge < -0.3 is 4.74 Å². The number of carbonyl (C=O) groups is 1. The van der Waals surface area contributed by atoms with Crippen molar-refractivity contribution in [2.75, 3.05) is 0 Å². The minimum atomic E-state index is 0.332. The molecule has 3 heteroatoms. The lowest BCUT2D eigenvalue weighted by atomic mass is 10.2. The van der Waals surface area contributed by atoms with E-state index in [-0.39, 0.29) is 0 Å². The molecule has 0 spiro atoms. The topological polar surface area (TPSA) is 39.2 Å². The maximum atomic E-state index is 10.7. The lowest BCUT2D eigenvalue weighted by Crippen LogP contribution is -1.99. The summed E-state index contributed by atoms with van der Waals surface area (Å²) >= 11 is 0. The lowest BCUT2D eigenvalue weighted by Gasteiger charge is -2.07. The highest BCUT2D eigenvalue weighted by atomic mass is 16.5. The van der Waals surface area contributed by atoms with E-state index in [9.17, 15) is 4.79 Å². The summed E-state index contributed by atoms with van der Waals surface area (Å²) < 4.78 is 5.52. The van der Waals surface area contributed by atoms with Crippen molar-refractivity contribution < 1.29 is 9.53 Å². The maximum Gasteiger partial charge on any atom is 0.172 e. The molecule has 0 bridgehead atoms. The van der Waals surface area contributed by atoms with Crippen molar-refractivity contribution in [1.29, 1.82) is 0 Å². The molecule has 0 unspecified atom stereocenters. The molecular formula is C13H11NO2. The van der Waals surface area contributed by atoms with Crippen molar-refractivity contribution >= 4 is 6.29 Å². The minimum Gasteiger partial charge on any atom is -0.487 e. The summed E-state index contributed by atoms with van der Waals surface area (Å²) in [6.07, 6.45) is 2.26. The van der Waals surface area contributed by atoms with E-state index < -0.39 is 0 Å². The molecule has 3 nitrogen and oxygen atoms in total. The third kappa shape index (κ3) is 2.45. The van der Waals surface area contributed by atoms with Gasteiger partial charge in [-0.15, -0.1) is 0 Å². The van der Waals surface area contributed by atoms with E-state index in [1.165, 1.54) is 0 Å². The van der Waals surface area contributed by atoms with Gasteiger partial charge in [0.1, 0.15) is 18.1 Å². The zero-order valence-electron chi connectivity index (χ0n) is 8.67. The Hall–Kier alpha value is -2.16. The Morgan fingerprint density at radius 3 is 2.69 bits per heavy atom. The lowest BCUT2D eigenvalue weighted by molar-refractivity contribution is 0.111. The fourth-order valence-corrected chi connectivity index (χ4v) is 1.35. The van der Waals surface area contributed by atoms with Crippen molar-refractivity contribution in [1.82, 2.24) is 4.98 Å². The van der Waals surface area contributed by atoms with Gasteiger partial charge in [0.05, 0.1) is 0 Å². The zero-order chi connectivity index (χ0) is 11.2. The highest BCUT2D eigenvalue weighted by Gasteiger charge is 2.02. The van der Waals surface area contributed by atoms with E-state index in [0.717, 1.165) is 5.56 Å². The molecule has 0 radical (unpaired) electrons. The number of aromatic nitrogens is 1. The molecule has 0 aliphatic heterocycles. The Morgan fingerprint density at radius 2 is 1.94 bits per heavy atom. The Kier molecular flexibility index (Phi) is 3.28. The Labute approximate surface area is 93.7 Å². The molecule has 0 N–H and O–H groups in total. The summed E-state index contributed by atoms with van der Waals surface area (Å²) in [4.78, 5) is 14.6. The van der Waals surface area contributed by atoms with Gasteiger partial charge in [0.25, 0.3) is 0 Å². The van der Waals surface area contributed by atoms with Crippen LogP contribution >= 0.6 is 0 Å². The normalized spacial score (nSPS) is 9.75. The summed E-state index contributed by atoms with van der Waals surface area (Å²) in [6.45, 7) is 0.438. The molecule has 0 saturated heterocycles. The van der Waals surface area contributed by atoms with Gasteiger partial charge in [0.2, 0.25) is 0 Å². The van der Waals surface area contributed by atoms with Crippen LogP contribution in [0.4, 0.5) is 0 Å². The van der Waals surface area contributed by atoms with Crippen LogP contribution in [0, 0.1) is 0 Å². The zero-order valence-corrected chi connectivity index (χ0v) is 8.67. The van der Waals surface area contributed by atoms with Crippen LogP contribution in [0.2, 0.25) is 0 Å². The molecule has 1 aromatic carbocycles. The van der Waals surface area contributed by atoms with E-state index in [1.54, 1.807) is 18.3 Å². The standard InChI is InChI=1S/C13H11NO2/c15-9-12-13(7-4-8-14-12)16-10-11-5-2-1-3-6-11/h1-9H,10H2. The average Bonchev–Trinajstić information content (AvgIpc) is 2.38. The third-order valence-corrected chi connectivity index (χ3v) is 2.15. The van der Waals surface area contributed by atoms with E-state index in [0.29, 0.717) is 24.3 Å². The predicted octanol–water partition coefficient (Wildman–Crippen LogP) is 2.47. The van der Waals surface area contributed by atoms with Crippen molar-refractivity contribution in [3.63, 3.8) is 0 Å². The Morgan fingerprint density at radius 1 is 1.12 bits per heavy atom. The molecule has 1 aromatic heterocycles. The molecule has 80 valence electrons. The van der Waals surface area contributed by atoms with Crippen LogP contribution in [-0.2, 0) is 6.61 Å². The van der Waals surface area contributed by atoms with Gasteiger partial charge in [0.15, 0.2) is 6.29 Å². The molecule has 0 fully saturated rings. The number of carbonyl (C=O) groups excluding carboxylic acids is 1. The maximum absolute atomic E-state index is 10.7. The molecular weight excluding hydrogens is 202 g/mol. The largest absolute Gasteiger partial charge is 0.487 e. The smallest absolute Gasteiger partial charge is 0.172 e. The molecule has 2 aromatic rings. The second-order valence-electron chi connectivity index (χ2n) is 3.28. The first-order valence-electron chi connectivity index (χ1n) is 4.97. The summed E-state index contributed by atoms with van der Waals surface area (Å²) in [5.41, 5.74) is 1.39. The number of pyridine rings is 1. The second kappa shape index (κ2) is 5.07. The molecule has 16 heavy (non-hydrogen) atoms. The van der Waals surface area contributed by atoms with Gasteiger partial charge in [-0.25, -0.2) is 4.98 Å². The number of hydrogen-bond acceptors (Lipinski definition) is 3. The molecule has 1 heterocycles. The van der Waals surface area contributed by atoms with Crippen LogP contribution in [0.25, 0.3) is 0 Å². The average molecular weight is 213 g/mol. The van der Waals surface area contributed by atoms with Gasteiger partial charge in [-0.3, -0.25) is 4.79 Å². The second-order valence-corrected chi connectivity index (χ2v) is 3.28. The molecule has 0 aliphatic carbocycles. The van der Waals surface area contributed by atoms with E-state index in [4.69, 9.17) is 4.74 Å². The summed E-state index contributed by atoms with van der Waals surface area (Å²) in [5.74, 6) is 0.515. The monoisotopic (exact) mass is 213 g/mol. The number of rotatable bonds is 4. The quantitative estimate of drug-likeness (QED) is 0.732. The first-order valence-corrected chi connectivity index (χ1v) is 4.97. The van der Waals surface area contributed by atoms with Crippen LogP contribution in [0.3, 0.4) is 0 Å². The van der Waals surface area contributed by atoms with Crippen molar-refractivity contribution in [2.45, 2.75) is 6.61 Å². The molecule has 2 rings (SSSR count). The van der Waals surface area contributed by atoms with Crippen LogP contribution in [0.1, 0.15) is 16.1 Å². The van der Waals surface area contributed by atoms with Crippen LogP contribution in [0.5, 0.6) is 5.75 Å². The third-order valence-electron chi connectivity index (χ3n) is 2.15. The molecule has 0 amide bonds. The molecule has 0 aliphatic rings. The number of nitrogens with zero attached hydrogens (tertiary/aromatic N) is 1. The fraction of sp³-hybridized carbons (Fsp3) is 0.0769. The summed E-state index contributed by atoms with van der Waals surface area (Å²) in [5, 5.41) is 0. The number of aldehydes is 1. The molecule has 0 atom stereocenters. The summed E-state index contributed by atoms with van der Waals surface area (Å²) in [6, 6.07) is 13.3. The van der Waals surface area contributed by atoms with Crippen LogP contribution in [0.15, 0.2) is 48.7 Å². The number of ether oxygens (including phenoxy) is 1. The minimum absolute atomic E-state index is 0.332. The van der Waals surface area contributed by atoms with Gasteiger partial charge in [-0.2, -0.15) is 0 Å². The van der Waals surface area contributed by atoms with E-state index in [1.807, 2.05) is 30.3 Å². The SMILES string of the molecule is O=Cc1ncccc1OCc1ccccc1. The first kappa shape index (κ1) is 10.4. The van der Waals surface area contributed by atoms with Crippen molar-refractivity contribution in [3.05, 3.63) is 59.9 Å². The van der Waals surface area contributed by atoms with Crippen molar-refractivity contribution in [2.24, 2.45) is 0 Å². The number of hydrogen-bond donors (Lipinski definition) is 0. The van der Waals surface area contributed by atoms with Crippen LogP contribution in [-0.4, -0.2) is 11.3 Å². The fourth-order valence-electron chi connectivity index (χ4n) is 1.35. The van der Waals surface area contributed by atoms with Gasteiger partial charge in [-0.05, 0) is 17.7 Å². The Bertz CT molecular complexity index is 468.